The van der Waals surface area contributed by atoms with Gasteiger partial charge < -0.3 is 0 Å². The van der Waals surface area contributed by atoms with Crippen LogP contribution in [0.25, 0.3) is 0 Å². The summed E-state index contributed by atoms with van der Waals surface area (Å²) in [5, 5.41) is 0. The molecule has 0 aliphatic rings. The highest BCUT2D eigenvalue weighted by Crippen LogP contribution is 2.18. The molecule has 0 radical (unpaired) electrons. The van der Waals surface area contributed by atoms with Gasteiger partial charge in [0.2, 0.25) is 0 Å². The quantitative estimate of drug-likeness (QED) is 0.511. The molecule has 0 aromatic carbocycles. The van der Waals surface area contributed by atoms with Crippen LogP contribution in [0, 0.1) is 24.7 Å². The molecule has 0 heterocycles. The van der Waals surface area contributed by atoms with Gasteiger partial charge in [0.15, 0.2) is 0 Å². The van der Waals surface area contributed by atoms with Gasteiger partial charge in [0.25, 0.3) is 0 Å². The van der Waals surface area contributed by atoms with Crippen molar-refractivity contribution in [2.75, 3.05) is 0 Å². The Bertz CT molecular complexity index is 62.4. The Morgan fingerprint density at radius 3 is 1.67 bits per heavy atom. The highest BCUT2D eigenvalue weighted by molar-refractivity contribution is 4.64. The predicted molar refractivity (Wildman–Crippen MR) is 43.1 cm³/mol. The average molecular weight is 127 g/mol. The highest BCUT2D eigenvalue weighted by Gasteiger charge is 2.13. The predicted octanol–water partition coefficient (Wildman–Crippen LogP) is 3.14. The molecule has 0 amide bonds. The first-order valence-electron chi connectivity index (χ1n) is 3.87. The van der Waals surface area contributed by atoms with Crippen molar-refractivity contribution >= 4 is 0 Å². The summed E-state index contributed by atoms with van der Waals surface area (Å²) in [7, 11) is 0. The van der Waals surface area contributed by atoms with Gasteiger partial charge in [-0.05, 0) is 25.2 Å². The van der Waals surface area contributed by atoms with Crippen molar-refractivity contribution in [2.45, 2.75) is 34.1 Å². The molecular weight excluding hydrogens is 108 g/mol. The molecule has 0 aliphatic heterocycles. The number of hydrogen-bond acceptors (Lipinski definition) is 0. The maximum absolute atomic E-state index is 3.99. The van der Waals surface area contributed by atoms with Gasteiger partial charge in [-0.3, -0.25) is 0 Å². The largest absolute Gasteiger partial charge is 0.0950 e. The zero-order valence-electron chi connectivity index (χ0n) is 7.15. The van der Waals surface area contributed by atoms with Gasteiger partial charge in [0.1, 0.15) is 0 Å². The monoisotopic (exact) mass is 127 g/mol. The lowest BCUT2D eigenvalue weighted by Crippen LogP contribution is -2.06. The van der Waals surface area contributed by atoms with Crippen LogP contribution in [0.1, 0.15) is 34.1 Å². The second-order valence-electron chi connectivity index (χ2n) is 3.58. The van der Waals surface area contributed by atoms with Gasteiger partial charge in [-0.2, -0.15) is 0 Å². The normalized spacial score (nSPS) is 17.9. The molecule has 2 atom stereocenters. The van der Waals surface area contributed by atoms with E-state index in [0.29, 0.717) is 5.92 Å². The topological polar surface area (TPSA) is 0 Å². The van der Waals surface area contributed by atoms with Gasteiger partial charge in [-0.25, -0.2) is 0 Å². The van der Waals surface area contributed by atoms with Crippen molar-refractivity contribution in [3.8, 4) is 0 Å². The van der Waals surface area contributed by atoms with Crippen molar-refractivity contribution in [2.24, 2.45) is 17.8 Å². The summed E-state index contributed by atoms with van der Waals surface area (Å²) in [6.45, 7) is 13.0. The van der Waals surface area contributed by atoms with Crippen LogP contribution in [0.15, 0.2) is 0 Å². The van der Waals surface area contributed by atoms with Crippen molar-refractivity contribution < 1.29 is 0 Å². The molecule has 0 spiro atoms. The van der Waals surface area contributed by atoms with Crippen LogP contribution in [0.4, 0.5) is 0 Å². The molecule has 0 heteroatoms. The van der Waals surface area contributed by atoms with E-state index in [1.165, 1.54) is 6.42 Å². The van der Waals surface area contributed by atoms with Crippen LogP contribution < -0.4 is 0 Å². The van der Waals surface area contributed by atoms with Crippen molar-refractivity contribution in [3.63, 3.8) is 0 Å². The van der Waals surface area contributed by atoms with E-state index in [4.69, 9.17) is 0 Å². The molecule has 0 N–H and O–H groups in total. The molecule has 0 saturated carbocycles. The zero-order chi connectivity index (χ0) is 7.44. The minimum atomic E-state index is 0.604. The lowest BCUT2D eigenvalue weighted by atomic mass is 9.90. The lowest BCUT2D eigenvalue weighted by molar-refractivity contribution is 0.368. The first-order chi connectivity index (χ1) is 4.04. The van der Waals surface area contributed by atoms with E-state index in [1.807, 2.05) is 0 Å². The Kier molecular flexibility index (Phi) is 3.76. The van der Waals surface area contributed by atoms with E-state index in [0.717, 1.165) is 11.8 Å². The third kappa shape index (κ3) is 4.38. The first-order valence-corrected chi connectivity index (χ1v) is 3.87. The minimum Gasteiger partial charge on any atom is -0.0628 e. The van der Waals surface area contributed by atoms with Gasteiger partial charge in [-0.1, -0.05) is 20.8 Å². The van der Waals surface area contributed by atoms with Crippen LogP contribution in [0.2, 0.25) is 0 Å². The highest BCUT2D eigenvalue weighted by atomic mass is 14.1. The summed E-state index contributed by atoms with van der Waals surface area (Å²) >= 11 is 0. The molecule has 0 bridgehead atoms. The van der Waals surface area contributed by atoms with Crippen LogP contribution in [0.3, 0.4) is 0 Å². The smallest absolute Gasteiger partial charge is 0.0628 e. The van der Waals surface area contributed by atoms with Gasteiger partial charge in [0, 0.05) is 0 Å². The van der Waals surface area contributed by atoms with E-state index in [1.54, 1.807) is 0 Å². The fourth-order valence-electron chi connectivity index (χ4n) is 0.976. The summed E-state index contributed by atoms with van der Waals surface area (Å²) in [6.07, 6.45) is 1.31. The van der Waals surface area contributed by atoms with E-state index < -0.39 is 0 Å². The number of hydrogen-bond donors (Lipinski definition) is 0. The number of rotatable bonds is 3. The zero-order valence-corrected chi connectivity index (χ0v) is 7.15. The van der Waals surface area contributed by atoms with Gasteiger partial charge >= 0.3 is 0 Å². The summed E-state index contributed by atoms with van der Waals surface area (Å²) in [6, 6.07) is 0. The van der Waals surface area contributed by atoms with Crippen LogP contribution >= 0.6 is 0 Å². The Morgan fingerprint density at radius 1 is 1.11 bits per heavy atom. The average Bonchev–Trinajstić information content (AvgIpc) is 1.63. The molecule has 0 rings (SSSR count). The summed E-state index contributed by atoms with van der Waals surface area (Å²) in [5.41, 5.74) is 0. The molecule has 54 valence electrons. The molecule has 0 aromatic heterocycles. The fraction of sp³-hybridized carbons (Fsp3) is 0.889. The molecule has 0 nitrogen and oxygen atoms in total. The summed E-state index contributed by atoms with van der Waals surface area (Å²) in [5.74, 6) is 2.21. The van der Waals surface area contributed by atoms with Gasteiger partial charge in [0.05, 0.1) is 12.8 Å². The van der Waals surface area contributed by atoms with E-state index >= 15 is 0 Å². The van der Waals surface area contributed by atoms with Crippen LogP contribution in [-0.4, -0.2) is 0 Å². The summed E-state index contributed by atoms with van der Waals surface area (Å²) < 4.78 is 0. The van der Waals surface area contributed by atoms with Crippen molar-refractivity contribution in [3.05, 3.63) is 6.92 Å². The van der Waals surface area contributed by atoms with Crippen molar-refractivity contribution in [1.82, 2.24) is 0 Å². The molecule has 0 saturated heterocycles. The van der Waals surface area contributed by atoms with Crippen molar-refractivity contribution in [1.29, 1.82) is 0 Å². The maximum atomic E-state index is 3.99. The van der Waals surface area contributed by atoms with Crippen LogP contribution in [0.5, 0.6) is 0 Å². The standard InChI is InChI=1S/C9H19/c1-7(2)6-9(5)8(3)4/h7-9H,3,6H2,1-2,4-5H3/q+1. The van der Waals surface area contributed by atoms with E-state index in [2.05, 4.69) is 34.6 Å². The molecule has 0 aromatic rings. The molecule has 9 heavy (non-hydrogen) atoms. The molecule has 2 unspecified atom stereocenters. The lowest BCUT2D eigenvalue weighted by Gasteiger charge is -2.12. The fourth-order valence-corrected chi connectivity index (χ4v) is 0.976. The molecular formula is C9H19+. The summed E-state index contributed by atoms with van der Waals surface area (Å²) in [4.78, 5) is 0. The Labute approximate surface area is 59.7 Å². The van der Waals surface area contributed by atoms with E-state index in [-0.39, 0.29) is 0 Å². The third-order valence-electron chi connectivity index (χ3n) is 1.81. The maximum Gasteiger partial charge on any atom is 0.0950 e. The van der Waals surface area contributed by atoms with E-state index in [9.17, 15) is 0 Å². The second kappa shape index (κ2) is 3.81. The SMILES string of the molecule is [CH2+]C(C)C(C)CC(C)C. The van der Waals surface area contributed by atoms with Crippen LogP contribution in [-0.2, 0) is 0 Å². The molecule has 0 fully saturated rings. The Balaban J connectivity index is 3.38. The minimum absolute atomic E-state index is 0.604. The molecule has 0 aliphatic carbocycles. The third-order valence-corrected chi connectivity index (χ3v) is 1.81. The first kappa shape index (κ1) is 8.87. The van der Waals surface area contributed by atoms with Gasteiger partial charge in [-0.15, -0.1) is 0 Å². The Morgan fingerprint density at radius 2 is 1.56 bits per heavy atom. The second-order valence-corrected chi connectivity index (χ2v) is 3.58. The Hall–Kier alpha value is -0.130.